The van der Waals surface area contributed by atoms with Gasteiger partial charge in [0, 0.05) is 5.56 Å². The zero-order valence-electron chi connectivity index (χ0n) is 13.8. The van der Waals surface area contributed by atoms with Crippen LogP contribution in [0.25, 0.3) is 6.08 Å². The summed E-state index contributed by atoms with van der Waals surface area (Å²) < 4.78 is 10.9. The zero-order valence-corrected chi connectivity index (χ0v) is 13.8. The zero-order chi connectivity index (χ0) is 16.9. The Labute approximate surface area is 141 Å². The molecule has 0 spiro atoms. The Morgan fingerprint density at radius 1 is 1.12 bits per heavy atom. The van der Waals surface area contributed by atoms with E-state index in [4.69, 9.17) is 9.47 Å². The molecule has 4 nitrogen and oxygen atoms in total. The maximum atomic E-state index is 12.1. The van der Waals surface area contributed by atoms with Gasteiger partial charge >= 0.3 is 5.97 Å². The molecule has 0 saturated carbocycles. The van der Waals surface area contributed by atoms with Crippen LogP contribution < -0.4 is 4.74 Å². The van der Waals surface area contributed by atoms with Crippen LogP contribution in [0.3, 0.4) is 0 Å². The first kappa shape index (κ1) is 16.0. The van der Waals surface area contributed by atoms with Crippen LogP contribution in [0.2, 0.25) is 0 Å². The molecule has 0 fully saturated rings. The average Bonchev–Trinajstić information content (AvgIpc) is 2.95. The van der Waals surface area contributed by atoms with Crippen LogP contribution in [-0.4, -0.2) is 18.5 Å². The molecule has 0 N–H and O–H groups in total. The van der Waals surface area contributed by atoms with Crippen molar-refractivity contribution in [3.05, 3.63) is 70.9 Å². The fourth-order valence-electron chi connectivity index (χ4n) is 2.38. The number of rotatable bonds is 5. The topological polar surface area (TPSA) is 47.9 Å². The van der Waals surface area contributed by atoms with Crippen molar-refractivity contribution in [2.45, 2.75) is 20.3 Å². The lowest BCUT2D eigenvalue weighted by Gasteiger charge is -2.04. The van der Waals surface area contributed by atoms with Gasteiger partial charge in [0.25, 0.3) is 0 Å². The Morgan fingerprint density at radius 2 is 1.88 bits per heavy atom. The number of nitrogens with zero attached hydrogens (tertiary/aromatic N) is 1. The number of aryl methyl sites for hydroxylation is 1. The minimum absolute atomic E-state index is 0.301. The lowest BCUT2D eigenvalue weighted by atomic mass is 10.1. The molecule has 3 rings (SSSR count). The first-order valence-corrected chi connectivity index (χ1v) is 7.99. The van der Waals surface area contributed by atoms with Crippen molar-refractivity contribution in [1.29, 1.82) is 0 Å². The Kier molecular flexibility index (Phi) is 4.75. The second-order valence-electron chi connectivity index (χ2n) is 5.57. The van der Waals surface area contributed by atoms with Crippen molar-refractivity contribution in [2.24, 2.45) is 4.99 Å². The van der Waals surface area contributed by atoms with E-state index in [9.17, 15) is 4.79 Å². The highest BCUT2D eigenvalue weighted by Crippen LogP contribution is 2.22. The normalized spacial score (nSPS) is 15.3. The van der Waals surface area contributed by atoms with Gasteiger partial charge in [-0.1, -0.05) is 37.3 Å². The van der Waals surface area contributed by atoms with Crippen LogP contribution in [0.4, 0.5) is 0 Å². The molecule has 0 aromatic heterocycles. The van der Waals surface area contributed by atoms with Gasteiger partial charge in [-0.05, 0) is 48.7 Å². The predicted octanol–water partition coefficient (Wildman–Crippen LogP) is 4.13. The smallest absolute Gasteiger partial charge is 0.363 e. The van der Waals surface area contributed by atoms with E-state index in [1.165, 1.54) is 0 Å². The van der Waals surface area contributed by atoms with Crippen LogP contribution in [0, 0.1) is 6.92 Å². The van der Waals surface area contributed by atoms with Gasteiger partial charge in [-0.25, -0.2) is 9.79 Å². The van der Waals surface area contributed by atoms with E-state index in [1.807, 2.05) is 55.5 Å². The highest BCUT2D eigenvalue weighted by Gasteiger charge is 2.24. The molecular formula is C20H19NO3. The Morgan fingerprint density at radius 3 is 2.58 bits per heavy atom. The lowest BCUT2D eigenvalue weighted by molar-refractivity contribution is -0.129. The number of aliphatic imine (C=N–C) groups is 1. The van der Waals surface area contributed by atoms with Crippen LogP contribution in [0.15, 0.2) is 59.2 Å². The third kappa shape index (κ3) is 3.54. The summed E-state index contributed by atoms with van der Waals surface area (Å²) in [7, 11) is 0. The highest BCUT2D eigenvalue weighted by atomic mass is 16.6. The van der Waals surface area contributed by atoms with Crippen molar-refractivity contribution in [1.82, 2.24) is 0 Å². The van der Waals surface area contributed by atoms with E-state index < -0.39 is 5.97 Å². The lowest BCUT2D eigenvalue weighted by Crippen LogP contribution is -2.06. The van der Waals surface area contributed by atoms with Crippen molar-refractivity contribution in [3.63, 3.8) is 0 Å². The maximum absolute atomic E-state index is 12.1. The highest BCUT2D eigenvalue weighted by molar-refractivity contribution is 6.13. The average molecular weight is 321 g/mol. The third-order valence-corrected chi connectivity index (χ3v) is 3.65. The monoisotopic (exact) mass is 321 g/mol. The summed E-state index contributed by atoms with van der Waals surface area (Å²) in [4.78, 5) is 16.4. The fourth-order valence-corrected chi connectivity index (χ4v) is 2.38. The number of hydrogen-bond acceptors (Lipinski definition) is 4. The fraction of sp³-hybridized carbons (Fsp3) is 0.200. The number of carbonyl (C=O) groups is 1. The van der Waals surface area contributed by atoms with Crippen LogP contribution >= 0.6 is 0 Å². The van der Waals surface area contributed by atoms with Crippen molar-refractivity contribution in [3.8, 4) is 5.75 Å². The van der Waals surface area contributed by atoms with Gasteiger partial charge in [0.15, 0.2) is 5.70 Å². The molecule has 1 heterocycles. The quantitative estimate of drug-likeness (QED) is 0.614. The van der Waals surface area contributed by atoms with E-state index in [0.29, 0.717) is 18.2 Å². The molecule has 1 aliphatic rings. The molecule has 1 aliphatic heterocycles. The summed E-state index contributed by atoms with van der Waals surface area (Å²) in [5, 5.41) is 0. The largest absolute Gasteiger partial charge is 0.494 e. The van der Waals surface area contributed by atoms with Crippen molar-refractivity contribution < 1.29 is 14.3 Å². The van der Waals surface area contributed by atoms with E-state index in [0.717, 1.165) is 28.9 Å². The standard InChI is InChI=1S/C20H19NO3/c1-3-12-23-16-10-8-15(9-11-16)13-18-20(22)24-19(21-18)17-7-5-4-6-14(17)2/h4-11,13H,3,12H2,1-2H3/b18-13-. The maximum Gasteiger partial charge on any atom is 0.363 e. The molecular weight excluding hydrogens is 302 g/mol. The van der Waals surface area contributed by atoms with Gasteiger partial charge in [0.2, 0.25) is 5.90 Å². The molecule has 2 aromatic carbocycles. The van der Waals surface area contributed by atoms with E-state index in [-0.39, 0.29) is 0 Å². The number of ether oxygens (including phenoxy) is 2. The van der Waals surface area contributed by atoms with Gasteiger partial charge in [-0.3, -0.25) is 0 Å². The number of hydrogen-bond donors (Lipinski definition) is 0. The Balaban J connectivity index is 1.82. The number of benzene rings is 2. The molecule has 0 saturated heterocycles. The molecule has 24 heavy (non-hydrogen) atoms. The molecule has 0 aliphatic carbocycles. The van der Waals surface area contributed by atoms with Gasteiger partial charge < -0.3 is 9.47 Å². The van der Waals surface area contributed by atoms with Crippen LogP contribution in [0.1, 0.15) is 30.0 Å². The molecule has 0 bridgehead atoms. The summed E-state index contributed by atoms with van der Waals surface area (Å²) in [5.41, 5.74) is 3.02. The summed E-state index contributed by atoms with van der Waals surface area (Å²) in [5.74, 6) is 0.740. The second-order valence-corrected chi connectivity index (χ2v) is 5.57. The van der Waals surface area contributed by atoms with Gasteiger partial charge in [-0.2, -0.15) is 0 Å². The van der Waals surface area contributed by atoms with Gasteiger partial charge in [0.1, 0.15) is 5.75 Å². The molecule has 0 radical (unpaired) electrons. The number of esters is 1. The van der Waals surface area contributed by atoms with Crippen LogP contribution in [0.5, 0.6) is 5.75 Å². The first-order valence-electron chi connectivity index (χ1n) is 7.99. The van der Waals surface area contributed by atoms with E-state index in [1.54, 1.807) is 6.08 Å². The predicted molar refractivity (Wildman–Crippen MR) is 94.0 cm³/mol. The van der Waals surface area contributed by atoms with E-state index in [2.05, 4.69) is 11.9 Å². The first-order chi connectivity index (χ1) is 11.7. The molecule has 0 unspecified atom stereocenters. The molecule has 4 heteroatoms. The van der Waals surface area contributed by atoms with Gasteiger partial charge in [-0.15, -0.1) is 0 Å². The minimum Gasteiger partial charge on any atom is -0.494 e. The minimum atomic E-state index is -0.431. The summed E-state index contributed by atoms with van der Waals surface area (Å²) >= 11 is 0. The van der Waals surface area contributed by atoms with Crippen molar-refractivity contribution in [2.75, 3.05) is 6.61 Å². The van der Waals surface area contributed by atoms with Gasteiger partial charge in [0.05, 0.1) is 6.61 Å². The number of carbonyl (C=O) groups excluding carboxylic acids is 1. The summed E-state index contributed by atoms with van der Waals surface area (Å²) in [6, 6.07) is 15.2. The van der Waals surface area contributed by atoms with E-state index >= 15 is 0 Å². The molecule has 0 amide bonds. The molecule has 122 valence electrons. The van der Waals surface area contributed by atoms with Crippen LogP contribution in [-0.2, 0) is 9.53 Å². The second kappa shape index (κ2) is 7.13. The van der Waals surface area contributed by atoms with Crippen molar-refractivity contribution >= 4 is 17.9 Å². The Bertz CT molecular complexity index is 804. The Hall–Kier alpha value is -2.88. The number of cyclic esters (lactones) is 1. The summed E-state index contributed by atoms with van der Waals surface area (Å²) in [6.45, 7) is 4.72. The third-order valence-electron chi connectivity index (χ3n) is 3.65. The summed E-state index contributed by atoms with van der Waals surface area (Å²) in [6.07, 6.45) is 2.69. The SMILES string of the molecule is CCCOc1ccc(/C=C2\N=C(c3ccccc3C)OC2=O)cc1. The molecule has 2 aromatic rings. The molecule has 0 atom stereocenters.